The first-order chi connectivity index (χ1) is 11.6. The zero-order valence-corrected chi connectivity index (χ0v) is 14.0. The molecule has 7 heteroatoms. The van der Waals surface area contributed by atoms with Crippen molar-refractivity contribution in [1.82, 2.24) is 19.7 Å². The minimum atomic E-state index is -0.0838. The molecule has 122 valence electrons. The van der Waals surface area contributed by atoms with Crippen LogP contribution in [0.3, 0.4) is 0 Å². The fraction of sp³-hybridized carbons (Fsp3) is 0.176. The lowest BCUT2D eigenvalue weighted by Crippen LogP contribution is -2.15. The highest BCUT2D eigenvalue weighted by molar-refractivity contribution is 7.71. The minimum Gasteiger partial charge on any atom is -0.326 e. The first kappa shape index (κ1) is 16.1. The Morgan fingerprint density at radius 1 is 1.29 bits per heavy atom. The van der Waals surface area contributed by atoms with Gasteiger partial charge in [-0.3, -0.25) is 19.4 Å². The van der Waals surface area contributed by atoms with E-state index >= 15 is 0 Å². The van der Waals surface area contributed by atoms with Crippen molar-refractivity contribution in [3.8, 4) is 11.4 Å². The van der Waals surface area contributed by atoms with Gasteiger partial charge in [0.1, 0.15) is 0 Å². The molecule has 6 nitrogen and oxygen atoms in total. The van der Waals surface area contributed by atoms with Gasteiger partial charge in [-0.15, -0.1) is 0 Å². The highest BCUT2D eigenvalue weighted by atomic mass is 32.1. The smallest absolute Gasteiger partial charge is 0.226 e. The number of benzene rings is 1. The second-order valence-electron chi connectivity index (χ2n) is 5.41. The van der Waals surface area contributed by atoms with Crippen LogP contribution >= 0.6 is 12.2 Å². The number of pyridine rings is 1. The largest absolute Gasteiger partial charge is 0.326 e. The third kappa shape index (κ3) is 3.75. The van der Waals surface area contributed by atoms with Gasteiger partial charge in [0.15, 0.2) is 10.6 Å². The lowest BCUT2D eigenvalue weighted by atomic mass is 10.1. The first-order valence-corrected chi connectivity index (χ1v) is 7.96. The zero-order valence-electron chi connectivity index (χ0n) is 13.2. The van der Waals surface area contributed by atoms with Crippen LogP contribution in [0, 0.1) is 11.7 Å². The Morgan fingerprint density at radius 3 is 2.83 bits per heavy atom. The Morgan fingerprint density at radius 2 is 2.08 bits per heavy atom. The molecule has 0 atom stereocenters. The number of hydrogen-bond acceptors (Lipinski definition) is 4. The van der Waals surface area contributed by atoms with E-state index in [2.05, 4.69) is 20.5 Å². The van der Waals surface area contributed by atoms with Gasteiger partial charge in [-0.25, -0.2) is 0 Å². The molecule has 0 radical (unpaired) electrons. The number of nitrogens with one attached hydrogen (secondary N) is 2. The van der Waals surface area contributed by atoms with Gasteiger partial charge in [0, 0.05) is 36.6 Å². The Balaban J connectivity index is 1.73. The van der Waals surface area contributed by atoms with E-state index in [0.29, 0.717) is 17.7 Å². The van der Waals surface area contributed by atoms with Gasteiger partial charge in [-0.2, -0.15) is 5.10 Å². The van der Waals surface area contributed by atoms with Crippen LogP contribution in [0.1, 0.15) is 12.0 Å². The summed E-state index contributed by atoms with van der Waals surface area (Å²) in [5.41, 5.74) is 2.84. The number of carbonyl (C=O) groups is 1. The summed E-state index contributed by atoms with van der Waals surface area (Å²) in [5, 5.41) is 9.93. The van der Waals surface area contributed by atoms with Crippen LogP contribution in [0.2, 0.25) is 0 Å². The number of aromatic amines is 1. The van der Waals surface area contributed by atoms with E-state index < -0.39 is 0 Å². The SMILES string of the molecule is Cc1cccc(-c2n[nH]c(=S)n2CCC(=O)Nc2ccncc2)c1. The predicted octanol–water partition coefficient (Wildman–Crippen LogP) is 3.34. The quantitative estimate of drug-likeness (QED) is 0.699. The number of amides is 1. The summed E-state index contributed by atoms with van der Waals surface area (Å²) in [6.07, 6.45) is 3.57. The lowest BCUT2D eigenvalue weighted by molar-refractivity contribution is -0.116. The summed E-state index contributed by atoms with van der Waals surface area (Å²) in [7, 11) is 0. The average molecular weight is 339 g/mol. The molecule has 0 saturated carbocycles. The molecule has 0 fully saturated rings. The maximum atomic E-state index is 12.1. The molecule has 0 unspecified atom stereocenters. The number of carbonyl (C=O) groups excluding carboxylic acids is 1. The van der Waals surface area contributed by atoms with Crippen LogP contribution in [0.5, 0.6) is 0 Å². The number of aryl methyl sites for hydroxylation is 1. The third-order valence-electron chi connectivity index (χ3n) is 3.56. The van der Waals surface area contributed by atoms with Crippen LogP contribution in [0.4, 0.5) is 5.69 Å². The van der Waals surface area contributed by atoms with Crippen LogP contribution < -0.4 is 5.32 Å². The molecule has 2 N–H and O–H groups in total. The number of aromatic nitrogens is 4. The molecule has 2 aromatic heterocycles. The van der Waals surface area contributed by atoms with Gasteiger partial charge in [-0.05, 0) is 37.3 Å². The summed E-state index contributed by atoms with van der Waals surface area (Å²) in [4.78, 5) is 16.0. The van der Waals surface area contributed by atoms with E-state index in [1.54, 1.807) is 24.5 Å². The summed E-state index contributed by atoms with van der Waals surface area (Å²) in [6.45, 7) is 2.48. The summed E-state index contributed by atoms with van der Waals surface area (Å²) >= 11 is 5.29. The summed E-state index contributed by atoms with van der Waals surface area (Å²) in [5.74, 6) is 0.653. The Bertz CT molecular complexity index is 901. The monoisotopic (exact) mass is 339 g/mol. The maximum absolute atomic E-state index is 12.1. The van der Waals surface area contributed by atoms with Crippen molar-refractivity contribution in [3.05, 3.63) is 59.1 Å². The minimum absolute atomic E-state index is 0.0838. The van der Waals surface area contributed by atoms with Crippen molar-refractivity contribution >= 4 is 23.8 Å². The van der Waals surface area contributed by atoms with Gasteiger partial charge in [0.25, 0.3) is 0 Å². The van der Waals surface area contributed by atoms with Gasteiger partial charge < -0.3 is 5.32 Å². The second kappa shape index (κ2) is 7.18. The van der Waals surface area contributed by atoms with Crippen LogP contribution in [-0.4, -0.2) is 25.7 Å². The van der Waals surface area contributed by atoms with Gasteiger partial charge in [-0.1, -0.05) is 23.8 Å². The molecular formula is C17H17N5OS. The van der Waals surface area contributed by atoms with Crippen molar-refractivity contribution in [1.29, 1.82) is 0 Å². The Hall–Kier alpha value is -2.80. The molecule has 0 spiro atoms. The van der Waals surface area contributed by atoms with Crippen molar-refractivity contribution in [2.75, 3.05) is 5.32 Å². The second-order valence-corrected chi connectivity index (χ2v) is 5.79. The van der Waals surface area contributed by atoms with Gasteiger partial charge in [0.05, 0.1) is 0 Å². The molecule has 0 saturated heterocycles. The average Bonchev–Trinajstić information content (AvgIpc) is 2.95. The van der Waals surface area contributed by atoms with E-state index in [-0.39, 0.29) is 5.91 Å². The molecular weight excluding hydrogens is 322 g/mol. The van der Waals surface area contributed by atoms with E-state index in [9.17, 15) is 4.79 Å². The Labute approximate surface area is 144 Å². The van der Waals surface area contributed by atoms with Crippen LogP contribution in [0.25, 0.3) is 11.4 Å². The van der Waals surface area contributed by atoms with E-state index in [0.717, 1.165) is 22.6 Å². The predicted molar refractivity (Wildman–Crippen MR) is 95.1 cm³/mol. The van der Waals surface area contributed by atoms with Crippen LogP contribution in [0.15, 0.2) is 48.8 Å². The molecule has 2 heterocycles. The molecule has 1 amide bonds. The highest BCUT2D eigenvalue weighted by Crippen LogP contribution is 2.19. The van der Waals surface area contributed by atoms with Gasteiger partial charge in [0.2, 0.25) is 5.91 Å². The molecule has 1 aromatic carbocycles. The zero-order chi connectivity index (χ0) is 16.9. The molecule has 0 aliphatic rings. The number of anilines is 1. The lowest BCUT2D eigenvalue weighted by Gasteiger charge is -2.08. The Kier molecular flexibility index (Phi) is 4.81. The molecule has 0 bridgehead atoms. The molecule has 3 rings (SSSR count). The number of H-pyrrole nitrogens is 1. The number of hydrogen-bond donors (Lipinski definition) is 2. The van der Waals surface area contributed by atoms with Crippen molar-refractivity contribution in [2.24, 2.45) is 0 Å². The fourth-order valence-electron chi connectivity index (χ4n) is 2.40. The van der Waals surface area contributed by atoms with Crippen molar-refractivity contribution in [3.63, 3.8) is 0 Å². The molecule has 3 aromatic rings. The fourth-order valence-corrected chi connectivity index (χ4v) is 2.63. The van der Waals surface area contributed by atoms with E-state index in [1.165, 1.54) is 0 Å². The van der Waals surface area contributed by atoms with Gasteiger partial charge >= 0.3 is 0 Å². The summed E-state index contributed by atoms with van der Waals surface area (Å²) in [6, 6.07) is 11.5. The van der Waals surface area contributed by atoms with E-state index in [1.807, 2.05) is 35.8 Å². The normalized spacial score (nSPS) is 10.5. The maximum Gasteiger partial charge on any atom is 0.226 e. The van der Waals surface area contributed by atoms with E-state index in [4.69, 9.17) is 12.2 Å². The molecule has 0 aliphatic heterocycles. The number of rotatable bonds is 5. The highest BCUT2D eigenvalue weighted by Gasteiger charge is 2.11. The van der Waals surface area contributed by atoms with Crippen LogP contribution in [-0.2, 0) is 11.3 Å². The molecule has 24 heavy (non-hydrogen) atoms. The van der Waals surface area contributed by atoms with Crippen molar-refractivity contribution in [2.45, 2.75) is 19.9 Å². The summed E-state index contributed by atoms with van der Waals surface area (Å²) < 4.78 is 2.35. The molecule has 0 aliphatic carbocycles. The number of nitrogens with zero attached hydrogens (tertiary/aromatic N) is 3. The first-order valence-electron chi connectivity index (χ1n) is 7.55. The van der Waals surface area contributed by atoms with Crippen molar-refractivity contribution < 1.29 is 4.79 Å². The third-order valence-corrected chi connectivity index (χ3v) is 3.87. The topological polar surface area (TPSA) is 75.6 Å². The standard InChI is InChI=1S/C17H17N5OS/c1-12-3-2-4-13(11-12)16-20-21-17(24)22(16)10-7-15(23)19-14-5-8-18-9-6-14/h2-6,8-9,11H,7,10H2,1H3,(H,21,24)(H,18,19,23).